The van der Waals surface area contributed by atoms with Gasteiger partial charge >= 0.3 is 0 Å². The number of phenols is 1. The van der Waals surface area contributed by atoms with Crippen LogP contribution in [0, 0.1) is 29.6 Å². The summed E-state index contributed by atoms with van der Waals surface area (Å²) in [7, 11) is 7.86. The SMILES string of the molecule is CN(C)c1ccc(N=Nc2ccc(N3C(=O)[C@H]4[C@H](CC=C5[C@H]4C[C@H]4C(=O)N(c6ccc(N=Nc7ccc(N(C)C)cc7)cc6)C(=O)[C@H]4[C@H]5c4ccc(O)cc4)C3=O)cc2)cc1. The van der Waals surface area contributed by atoms with Crippen LogP contribution >= 0.6 is 0 Å². The van der Waals surface area contributed by atoms with E-state index in [-0.39, 0.29) is 35.8 Å². The van der Waals surface area contributed by atoms with E-state index < -0.39 is 35.5 Å². The van der Waals surface area contributed by atoms with Gasteiger partial charge in [-0.15, -0.1) is 0 Å². The molecule has 4 amide bonds. The molecule has 0 aromatic heterocycles. The van der Waals surface area contributed by atoms with E-state index >= 15 is 0 Å². The highest BCUT2D eigenvalue weighted by Gasteiger charge is 2.62. The number of anilines is 4. The van der Waals surface area contributed by atoms with Crippen molar-refractivity contribution >= 4 is 69.1 Å². The lowest BCUT2D eigenvalue weighted by molar-refractivity contribution is -0.126. The van der Waals surface area contributed by atoms with E-state index in [1.54, 1.807) is 72.8 Å². The van der Waals surface area contributed by atoms with Crippen molar-refractivity contribution in [2.45, 2.75) is 18.8 Å². The van der Waals surface area contributed by atoms with E-state index in [1.807, 2.05) is 92.6 Å². The van der Waals surface area contributed by atoms with Gasteiger partial charge in [0.1, 0.15) is 5.75 Å². The first-order chi connectivity index (χ1) is 29.5. The number of allylic oxidation sites excluding steroid dienone is 2. The summed E-state index contributed by atoms with van der Waals surface area (Å²) < 4.78 is 0. The van der Waals surface area contributed by atoms with Crippen LogP contribution < -0.4 is 19.6 Å². The monoisotopic (exact) mass is 812 g/mol. The van der Waals surface area contributed by atoms with Gasteiger partial charge in [-0.2, -0.15) is 20.5 Å². The van der Waals surface area contributed by atoms with E-state index in [1.165, 1.54) is 9.80 Å². The molecule has 0 spiro atoms. The fourth-order valence-corrected chi connectivity index (χ4v) is 9.36. The molecule has 0 bridgehead atoms. The lowest BCUT2D eigenvalue weighted by Gasteiger charge is -2.44. The van der Waals surface area contributed by atoms with E-state index in [9.17, 15) is 24.3 Å². The highest BCUT2D eigenvalue weighted by atomic mass is 16.3. The molecule has 5 aromatic carbocycles. The molecule has 13 heteroatoms. The number of carbonyl (C=O) groups is 4. The van der Waals surface area contributed by atoms with E-state index in [2.05, 4.69) is 20.5 Å². The number of nitrogens with zero attached hydrogens (tertiary/aromatic N) is 8. The number of fused-ring (bicyclic) bond motifs is 4. The van der Waals surface area contributed by atoms with Crippen LogP contribution in [0.5, 0.6) is 5.75 Å². The molecule has 5 aromatic rings. The normalized spacial score (nSPS) is 23.4. The van der Waals surface area contributed by atoms with Gasteiger partial charge in [-0.25, -0.2) is 0 Å². The summed E-state index contributed by atoms with van der Waals surface area (Å²) in [5.41, 5.74) is 7.08. The molecule has 13 nitrogen and oxygen atoms in total. The van der Waals surface area contributed by atoms with Crippen molar-refractivity contribution in [1.82, 2.24) is 0 Å². The zero-order valence-electron chi connectivity index (χ0n) is 34.2. The number of benzene rings is 5. The average molecular weight is 813 g/mol. The minimum absolute atomic E-state index is 0.0713. The van der Waals surface area contributed by atoms with Gasteiger partial charge in [0.15, 0.2) is 0 Å². The van der Waals surface area contributed by atoms with Crippen molar-refractivity contribution < 1.29 is 24.3 Å². The molecule has 4 aliphatic rings. The van der Waals surface area contributed by atoms with Gasteiger partial charge in [-0.1, -0.05) is 23.8 Å². The number of amides is 4. The Bertz CT molecular complexity index is 2600. The zero-order chi connectivity index (χ0) is 42.5. The Kier molecular flexibility index (Phi) is 10.1. The number of aromatic hydroxyl groups is 1. The van der Waals surface area contributed by atoms with Crippen molar-refractivity contribution in [2.24, 2.45) is 50.0 Å². The van der Waals surface area contributed by atoms with Gasteiger partial charge in [0, 0.05) is 45.5 Å². The summed E-state index contributed by atoms with van der Waals surface area (Å²) in [6.07, 6.45) is 2.58. The lowest BCUT2D eigenvalue weighted by atomic mass is 9.57. The standard InChI is InChI=1S/C48H44N8O5/c1-53(2)33-15-7-29(8-16-33)49-51-31-11-19-35(20-12-31)55-45(58)39-26-25-38-40(43(39)47(55)60)27-41-44(42(38)28-5-23-37(57)24-6-28)48(61)56(46(41)59)36-21-13-32(14-22-36)52-50-30-9-17-34(18-10-30)54(3)4/h5-25,39-44,57H,26-27H2,1-4H3/t39-,40+,41+,42-,43-,44+/m0/s1. The number of rotatable bonds is 9. The molecule has 2 aliphatic carbocycles. The third kappa shape index (κ3) is 7.15. The summed E-state index contributed by atoms with van der Waals surface area (Å²) in [6, 6.07) is 35.7. The molecule has 3 fully saturated rings. The van der Waals surface area contributed by atoms with Gasteiger partial charge in [-0.05, 0) is 134 Å². The molecule has 2 aliphatic heterocycles. The quantitative estimate of drug-likeness (QED) is 0.0885. The lowest BCUT2D eigenvalue weighted by Crippen LogP contribution is -2.43. The molecule has 6 atom stereocenters. The van der Waals surface area contributed by atoms with Crippen molar-refractivity contribution in [3.8, 4) is 5.75 Å². The highest BCUT2D eigenvalue weighted by molar-refractivity contribution is 6.24. The second-order valence-corrected chi connectivity index (χ2v) is 16.4. The molecule has 61 heavy (non-hydrogen) atoms. The predicted octanol–water partition coefficient (Wildman–Crippen LogP) is 9.40. The van der Waals surface area contributed by atoms with Crippen LogP contribution in [0.25, 0.3) is 0 Å². The number of phenolic OH excluding ortho intramolecular Hbond substituents is 1. The first kappa shape index (κ1) is 39.2. The van der Waals surface area contributed by atoms with Crippen LogP contribution in [0.3, 0.4) is 0 Å². The Morgan fingerprint density at radius 1 is 0.492 bits per heavy atom. The minimum atomic E-state index is -0.739. The molecule has 2 heterocycles. The number of imide groups is 2. The second kappa shape index (κ2) is 15.7. The predicted molar refractivity (Wildman–Crippen MR) is 233 cm³/mol. The van der Waals surface area contributed by atoms with Crippen LogP contribution in [0.4, 0.5) is 45.5 Å². The topological polar surface area (TPSA) is 151 Å². The van der Waals surface area contributed by atoms with Gasteiger partial charge in [0.05, 0.1) is 57.8 Å². The van der Waals surface area contributed by atoms with Crippen LogP contribution in [-0.4, -0.2) is 56.9 Å². The Labute approximate surface area is 353 Å². The summed E-state index contributed by atoms with van der Waals surface area (Å²) >= 11 is 0. The number of carbonyl (C=O) groups excluding carboxylic acids is 4. The third-order valence-electron chi connectivity index (χ3n) is 12.4. The summed E-state index contributed by atoms with van der Waals surface area (Å²) in [5.74, 6) is -5.02. The van der Waals surface area contributed by atoms with Crippen molar-refractivity contribution in [3.63, 3.8) is 0 Å². The summed E-state index contributed by atoms with van der Waals surface area (Å²) in [5, 5.41) is 27.6. The van der Waals surface area contributed by atoms with E-state index in [0.29, 0.717) is 40.5 Å². The molecule has 1 saturated carbocycles. The molecular weight excluding hydrogens is 769 g/mol. The van der Waals surface area contributed by atoms with Crippen LogP contribution in [0.1, 0.15) is 24.3 Å². The highest BCUT2D eigenvalue weighted by Crippen LogP contribution is 2.58. The van der Waals surface area contributed by atoms with Gasteiger partial charge in [0.25, 0.3) is 0 Å². The number of hydrogen-bond donors (Lipinski definition) is 1. The maximum Gasteiger partial charge on any atom is 0.238 e. The fraction of sp³-hybridized carbons (Fsp3) is 0.250. The number of hydrogen-bond acceptors (Lipinski definition) is 11. The van der Waals surface area contributed by atoms with Crippen LogP contribution in [-0.2, 0) is 19.2 Å². The third-order valence-corrected chi connectivity index (χ3v) is 12.4. The van der Waals surface area contributed by atoms with E-state index in [0.717, 1.165) is 22.5 Å². The molecule has 1 N–H and O–H groups in total. The summed E-state index contributed by atoms with van der Waals surface area (Å²) in [4.78, 5) is 64.2. The minimum Gasteiger partial charge on any atom is -0.508 e. The first-order valence-electron chi connectivity index (χ1n) is 20.3. The van der Waals surface area contributed by atoms with Gasteiger partial charge in [0.2, 0.25) is 23.6 Å². The smallest absolute Gasteiger partial charge is 0.238 e. The van der Waals surface area contributed by atoms with Crippen molar-refractivity contribution in [2.75, 3.05) is 47.8 Å². The van der Waals surface area contributed by atoms with Crippen LogP contribution in [0.15, 0.2) is 153 Å². The second-order valence-electron chi connectivity index (χ2n) is 16.4. The Hall–Kier alpha value is -7.28. The first-order valence-corrected chi connectivity index (χ1v) is 20.3. The Morgan fingerprint density at radius 3 is 1.34 bits per heavy atom. The molecular formula is C48H44N8O5. The largest absolute Gasteiger partial charge is 0.508 e. The van der Waals surface area contributed by atoms with Crippen molar-refractivity contribution in [3.05, 3.63) is 139 Å². The molecule has 0 radical (unpaired) electrons. The van der Waals surface area contributed by atoms with Gasteiger partial charge < -0.3 is 14.9 Å². The molecule has 9 rings (SSSR count). The molecule has 0 unspecified atom stereocenters. The van der Waals surface area contributed by atoms with Gasteiger partial charge in [-0.3, -0.25) is 29.0 Å². The Balaban J connectivity index is 0.972. The average Bonchev–Trinajstić information content (AvgIpc) is 3.68. The number of azo groups is 2. The summed E-state index contributed by atoms with van der Waals surface area (Å²) in [6.45, 7) is 0. The Morgan fingerprint density at radius 2 is 0.902 bits per heavy atom. The maximum absolute atomic E-state index is 14.6. The molecule has 2 saturated heterocycles. The fourth-order valence-electron chi connectivity index (χ4n) is 9.36. The van der Waals surface area contributed by atoms with Crippen molar-refractivity contribution in [1.29, 1.82) is 0 Å². The molecule has 306 valence electrons. The maximum atomic E-state index is 14.6. The van der Waals surface area contributed by atoms with E-state index in [4.69, 9.17) is 0 Å². The van der Waals surface area contributed by atoms with Crippen LogP contribution in [0.2, 0.25) is 0 Å². The zero-order valence-corrected chi connectivity index (χ0v) is 34.2.